The molecule has 0 radical (unpaired) electrons. The number of hydrogen-bond donors (Lipinski definition) is 1. The number of hydrogen-bond acceptors (Lipinski definition) is 1. The van der Waals surface area contributed by atoms with Crippen LogP contribution in [0.15, 0.2) is 6.07 Å². The number of fused-ring (bicyclic) bond motifs is 1. The van der Waals surface area contributed by atoms with Gasteiger partial charge in [0.05, 0.1) is 5.52 Å². The molecule has 2 rings (SSSR count). The minimum absolute atomic E-state index is 0.0916. The second-order valence-electron chi connectivity index (χ2n) is 2.70. The predicted octanol–water partition coefficient (Wildman–Crippen LogP) is 2.29. The Labute approximate surface area is 71.4 Å². The molecule has 0 saturated heterocycles. The maximum absolute atomic E-state index is 13.0. The number of H-pyrrole nitrogens is 1. The quantitative estimate of drug-likeness (QED) is 0.628. The van der Waals surface area contributed by atoms with Gasteiger partial charge in [-0.25, -0.2) is 18.2 Å². The first kappa shape index (κ1) is 8.10. The lowest BCUT2D eigenvalue weighted by molar-refractivity contribution is 0.452. The molecule has 2 aromatic rings. The monoisotopic (exact) mass is 186 g/mol. The zero-order valence-electron chi connectivity index (χ0n) is 6.66. The molecule has 1 aromatic carbocycles. The average Bonchev–Trinajstić information content (AvgIpc) is 2.42. The maximum Gasteiger partial charge on any atom is 0.196 e. The molecule has 0 aliphatic heterocycles. The molecule has 68 valence electrons. The van der Waals surface area contributed by atoms with Crippen molar-refractivity contribution in [3.63, 3.8) is 0 Å². The fraction of sp³-hybridized carbons (Fsp3) is 0.125. The van der Waals surface area contributed by atoms with E-state index in [4.69, 9.17) is 0 Å². The summed E-state index contributed by atoms with van der Waals surface area (Å²) in [5.41, 5.74) is -0.00898. The van der Waals surface area contributed by atoms with Crippen molar-refractivity contribution in [3.8, 4) is 0 Å². The molecule has 0 aliphatic carbocycles. The minimum atomic E-state index is -1.48. The van der Waals surface area contributed by atoms with Crippen LogP contribution in [-0.2, 0) is 0 Å². The second-order valence-corrected chi connectivity index (χ2v) is 2.70. The zero-order chi connectivity index (χ0) is 9.59. The molecular formula is C8H5F3N2. The summed E-state index contributed by atoms with van der Waals surface area (Å²) in [5, 5.41) is 0. The van der Waals surface area contributed by atoms with Crippen LogP contribution in [-0.4, -0.2) is 9.97 Å². The Kier molecular flexibility index (Phi) is 1.55. The van der Waals surface area contributed by atoms with Crippen LogP contribution in [0.2, 0.25) is 0 Å². The summed E-state index contributed by atoms with van der Waals surface area (Å²) in [7, 11) is 0. The van der Waals surface area contributed by atoms with Crippen molar-refractivity contribution in [1.82, 2.24) is 9.97 Å². The van der Waals surface area contributed by atoms with Crippen LogP contribution >= 0.6 is 0 Å². The number of aryl methyl sites for hydroxylation is 1. The Balaban J connectivity index is 2.92. The van der Waals surface area contributed by atoms with Crippen molar-refractivity contribution >= 4 is 11.0 Å². The number of aromatic nitrogens is 2. The van der Waals surface area contributed by atoms with Gasteiger partial charge in [-0.2, -0.15) is 0 Å². The van der Waals surface area contributed by atoms with E-state index in [9.17, 15) is 13.2 Å². The molecule has 0 bridgehead atoms. The summed E-state index contributed by atoms with van der Waals surface area (Å²) >= 11 is 0. The van der Waals surface area contributed by atoms with Crippen molar-refractivity contribution in [2.75, 3.05) is 0 Å². The molecule has 1 heterocycles. The fourth-order valence-corrected chi connectivity index (χ4v) is 1.18. The number of benzene rings is 1. The first-order valence-electron chi connectivity index (χ1n) is 3.59. The van der Waals surface area contributed by atoms with Crippen LogP contribution < -0.4 is 0 Å². The summed E-state index contributed by atoms with van der Waals surface area (Å²) in [6.07, 6.45) is 0. The van der Waals surface area contributed by atoms with Gasteiger partial charge in [-0.3, -0.25) is 0 Å². The Hall–Kier alpha value is -1.52. The Morgan fingerprint density at radius 2 is 1.92 bits per heavy atom. The molecule has 2 nitrogen and oxygen atoms in total. The summed E-state index contributed by atoms with van der Waals surface area (Å²) in [6.45, 7) is 1.58. The number of nitrogens with zero attached hydrogens (tertiary/aromatic N) is 1. The zero-order valence-corrected chi connectivity index (χ0v) is 6.66. The molecule has 0 unspecified atom stereocenters. The smallest absolute Gasteiger partial charge is 0.196 e. The van der Waals surface area contributed by atoms with Gasteiger partial charge in [0.2, 0.25) is 0 Å². The van der Waals surface area contributed by atoms with Gasteiger partial charge in [0.1, 0.15) is 11.3 Å². The summed E-state index contributed by atoms with van der Waals surface area (Å²) in [6, 6.07) is 0.858. The number of aromatic amines is 1. The highest BCUT2D eigenvalue weighted by Gasteiger charge is 2.15. The van der Waals surface area contributed by atoms with Crippen LogP contribution in [0.4, 0.5) is 13.2 Å². The number of nitrogens with one attached hydrogen (secondary N) is 1. The Morgan fingerprint density at radius 1 is 1.23 bits per heavy atom. The predicted molar refractivity (Wildman–Crippen MR) is 40.7 cm³/mol. The van der Waals surface area contributed by atoms with Gasteiger partial charge in [0.15, 0.2) is 17.5 Å². The van der Waals surface area contributed by atoms with Crippen molar-refractivity contribution < 1.29 is 13.2 Å². The third kappa shape index (κ3) is 1.07. The molecule has 0 amide bonds. The highest BCUT2D eigenvalue weighted by molar-refractivity contribution is 5.75. The highest BCUT2D eigenvalue weighted by atomic mass is 19.2. The first-order valence-corrected chi connectivity index (χ1v) is 3.59. The van der Waals surface area contributed by atoms with Crippen molar-refractivity contribution in [1.29, 1.82) is 0 Å². The molecule has 0 fully saturated rings. The lowest BCUT2D eigenvalue weighted by atomic mass is 10.3. The largest absolute Gasteiger partial charge is 0.340 e. The Morgan fingerprint density at radius 3 is 2.62 bits per heavy atom. The lowest BCUT2D eigenvalue weighted by Crippen LogP contribution is -1.91. The molecule has 1 N–H and O–H groups in total. The van der Waals surface area contributed by atoms with Crippen LogP contribution in [0.1, 0.15) is 5.82 Å². The molecule has 1 aromatic heterocycles. The molecule has 0 saturated carbocycles. The molecular weight excluding hydrogens is 181 g/mol. The summed E-state index contributed by atoms with van der Waals surface area (Å²) < 4.78 is 38.3. The van der Waals surface area contributed by atoms with Gasteiger partial charge < -0.3 is 4.98 Å². The van der Waals surface area contributed by atoms with E-state index in [1.165, 1.54) is 0 Å². The summed E-state index contributed by atoms with van der Waals surface area (Å²) in [5.74, 6) is -3.51. The fourth-order valence-electron chi connectivity index (χ4n) is 1.18. The third-order valence-corrected chi connectivity index (χ3v) is 1.74. The second kappa shape index (κ2) is 2.48. The van der Waals surface area contributed by atoms with Gasteiger partial charge in [0.25, 0.3) is 0 Å². The van der Waals surface area contributed by atoms with Crippen molar-refractivity contribution in [3.05, 3.63) is 29.3 Å². The van der Waals surface area contributed by atoms with Gasteiger partial charge in [0, 0.05) is 6.07 Å². The molecule has 5 heteroatoms. The summed E-state index contributed by atoms with van der Waals surface area (Å²) in [4.78, 5) is 6.28. The van der Waals surface area contributed by atoms with E-state index in [-0.39, 0.29) is 11.0 Å². The number of rotatable bonds is 0. The van der Waals surface area contributed by atoms with Gasteiger partial charge >= 0.3 is 0 Å². The first-order chi connectivity index (χ1) is 6.09. The third-order valence-electron chi connectivity index (χ3n) is 1.74. The van der Waals surface area contributed by atoms with Gasteiger partial charge in [-0.05, 0) is 6.92 Å². The minimum Gasteiger partial charge on any atom is -0.340 e. The SMILES string of the molecule is Cc1nc2cc(F)c(F)c(F)c2[nH]1. The van der Waals surface area contributed by atoms with E-state index in [2.05, 4.69) is 9.97 Å². The van der Waals surface area contributed by atoms with Gasteiger partial charge in [-0.15, -0.1) is 0 Å². The van der Waals surface area contributed by atoms with E-state index < -0.39 is 17.5 Å². The van der Waals surface area contributed by atoms with E-state index in [0.29, 0.717) is 5.82 Å². The highest BCUT2D eigenvalue weighted by Crippen LogP contribution is 2.20. The van der Waals surface area contributed by atoms with Crippen molar-refractivity contribution in [2.24, 2.45) is 0 Å². The van der Waals surface area contributed by atoms with Crippen LogP contribution in [0.3, 0.4) is 0 Å². The maximum atomic E-state index is 13.0. The standard InChI is InChI=1S/C8H5F3N2/c1-3-12-5-2-4(9)6(10)7(11)8(5)13-3/h2H,1H3,(H,12,13). The number of halogens is 3. The molecule has 0 spiro atoms. The topological polar surface area (TPSA) is 28.7 Å². The van der Waals surface area contributed by atoms with E-state index in [1.807, 2.05) is 0 Å². The molecule has 13 heavy (non-hydrogen) atoms. The molecule has 0 atom stereocenters. The normalized spacial score (nSPS) is 11.1. The van der Waals surface area contributed by atoms with E-state index in [1.54, 1.807) is 6.92 Å². The van der Waals surface area contributed by atoms with Gasteiger partial charge in [-0.1, -0.05) is 0 Å². The van der Waals surface area contributed by atoms with Crippen molar-refractivity contribution in [2.45, 2.75) is 6.92 Å². The Bertz CT molecular complexity index is 476. The average molecular weight is 186 g/mol. The molecule has 0 aliphatic rings. The van der Waals surface area contributed by atoms with Crippen LogP contribution in [0.5, 0.6) is 0 Å². The number of imidazole rings is 1. The lowest BCUT2D eigenvalue weighted by Gasteiger charge is -1.94. The van der Waals surface area contributed by atoms with E-state index in [0.717, 1.165) is 6.07 Å². The van der Waals surface area contributed by atoms with Crippen LogP contribution in [0, 0.1) is 24.4 Å². The van der Waals surface area contributed by atoms with Crippen LogP contribution in [0.25, 0.3) is 11.0 Å². The van der Waals surface area contributed by atoms with E-state index >= 15 is 0 Å².